The van der Waals surface area contributed by atoms with Gasteiger partial charge in [-0.25, -0.2) is 8.78 Å². The van der Waals surface area contributed by atoms with Crippen molar-refractivity contribution in [2.45, 2.75) is 6.61 Å². The zero-order chi connectivity index (χ0) is 14.7. The minimum atomic E-state index is -0.679. The first-order chi connectivity index (χ1) is 9.47. The minimum Gasteiger partial charge on any atom is -0.487 e. The van der Waals surface area contributed by atoms with E-state index in [1.807, 2.05) is 0 Å². The molecule has 0 atom stereocenters. The lowest BCUT2D eigenvalue weighted by Crippen LogP contribution is -2.10. The van der Waals surface area contributed by atoms with Crippen LogP contribution in [0.15, 0.2) is 36.4 Å². The van der Waals surface area contributed by atoms with Crippen LogP contribution in [0, 0.1) is 17.0 Å². The predicted octanol–water partition coefficient (Wildman–Crippen LogP) is 3.48. The van der Waals surface area contributed by atoms with Crippen LogP contribution in [0.3, 0.4) is 0 Å². The monoisotopic (exact) mass is 296 g/mol. The average Bonchev–Trinajstić information content (AvgIpc) is 2.38. The van der Waals surface area contributed by atoms with Crippen molar-refractivity contribution in [2.24, 2.45) is 5.73 Å². The highest BCUT2D eigenvalue weighted by molar-refractivity contribution is 6.32. The third-order valence-corrected chi connectivity index (χ3v) is 2.94. The molecule has 0 bridgehead atoms. The Morgan fingerprint density at radius 1 is 1.20 bits per heavy atom. The molecular formula is C14H11ClF2N2O. The minimum absolute atomic E-state index is 0.0781. The molecule has 0 spiro atoms. The van der Waals surface area contributed by atoms with E-state index in [9.17, 15) is 8.78 Å². The first-order valence-electron chi connectivity index (χ1n) is 5.68. The van der Waals surface area contributed by atoms with Crippen LogP contribution in [0.4, 0.5) is 8.78 Å². The SMILES string of the molecule is N=C(N)c1ccc(OCc2ccc(F)cc2F)c(Cl)c1. The van der Waals surface area contributed by atoms with Crippen LogP contribution in [0.2, 0.25) is 5.02 Å². The second kappa shape index (κ2) is 5.88. The number of nitrogens with two attached hydrogens (primary N) is 1. The fourth-order valence-electron chi connectivity index (χ4n) is 1.58. The van der Waals surface area contributed by atoms with E-state index >= 15 is 0 Å². The Kier molecular flexibility index (Phi) is 4.20. The molecule has 0 aliphatic carbocycles. The van der Waals surface area contributed by atoms with Crippen LogP contribution in [0.5, 0.6) is 5.75 Å². The highest BCUT2D eigenvalue weighted by atomic mass is 35.5. The lowest BCUT2D eigenvalue weighted by Gasteiger charge is -2.10. The Hall–Kier alpha value is -2.14. The zero-order valence-electron chi connectivity index (χ0n) is 10.3. The summed E-state index contributed by atoms with van der Waals surface area (Å²) in [5.41, 5.74) is 6.02. The smallest absolute Gasteiger partial charge is 0.138 e. The van der Waals surface area contributed by atoms with Gasteiger partial charge in [0.15, 0.2) is 0 Å². The van der Waals surface area contributed by atoms with Crippen molar-refractivity contribution < 1.29 is 13.5 Å². The summed E-state index contributed by atoms with van der Waals surface area (Å²) in [6, 6.07) is 7.86. The van der Waals surface area contributed by atoms with Gasteiger partial charge in [0.25, 0.3) is 0 Å². The topological polar surface area (TPSA) is 59.1 Å². The fourth-order valence-corrected chi connectivity index (χ4v) is 1.81. The number of nitrogen functional groups attached to an aromatic ring is 1. The maximum Gasteiger partial charge on any atom is 0.138 e. The van der Waals surface area contributed by atoms with Crippen LogP contribution in [-0.2, 0) is 6.61 Å². The fraction of sp³-hybridized carbons (Fsp3) is 0.0714. The van der Waals surface area contributed by atoms with Gasteiger partial charge in [0.1, 0.15) is 29.8 Å². The van der Waals surface area contributed by atoms with Crippen molar-refractivity contribution in [3.63, 3.8) is 0 Å². The van der Waals surface area contributed by atoms with Crippen molar-refractivity contribution in [3.05, 3.63) is 64.2 Å². The molecule has 0 saturated carbocycles. The van der Waals surface area contributed by atoms with E-state index in [0.717, 1.165) is 12.1 Å². The quantitative estimate of drug-likeness (QED) is 0.670. The van der Waals surface area contributed by atoms with Gasteiger partial charge in [0, 0.05) is 17.2 Å². The van der Waals surface area contributed by atoms with Crippen LogP contribution < -0.4 is 10.5 Å². The van der Waals surface area contributed by atoms with Gasteiger partial charge < -0.3 is 10.5 Å². The maximum absolute atomic E-state index is 13.4. The largest absolute Gasteiger partial charge is 0.487 e. The molecule has 20 heavy (non-hydrogen) atoms. The van der Waals surface area contributed by atoms with Gasteiger partial charge >= 0.3 is 0 Å². The Morgan fingerprint density at radius 3 is 2.55 bits per heavy atom. The number of ether oxygens (including phenoxy) is 1. The maximum atomic E-state index is 13.4. The van der Waals surface area contributed by atoms with E-state index in [2.05, 4.69) is 0 Å². The van der Waals surface area contributed by atoms with E-state index in [1.165, 1.54) is 12.1 Å². The molecule has 0 saturated heterocycles. The van der Waals surface area contributed by atoms with Crippen LogP contribution in [0.1, 0.15) is 11.1 Å². The van der Waals surface area contributed by atoms with Crippen molar-refractivity contribution in [1.82, 2.24) is 0 Å². The van der Waals surface area contributed by atoms with E-state index in [1.54, 1.807) is 12.1 Å². The summed E-state index contributed by atoms with van der Waals surface area (Å²) in [5, 5.41) is 7.54. The van der Waals surface area contributed by atoms with E-state index in [-0.39, 0.29) is 23.0 Å². The molecule has 3 nitrogen and oxygen atoms in total. The Bertz CT molecular complexity index is 662. The van der Waals surface area contributed by atoms with Gasteiger partial charge in [-0.15, -0.1) is 0 Å². The summed E-state index contributed by atoms with van der Waals surface area (Å²) in [6.07, 6.45) is 0. The molecule has 0 aliphatic heterocycles. The number of amidine groups is 1. The predicted molar refractivity (Wildman–Crippen MR) is 73.2 cm³/mol. The summed E-state index contributed by atoms with van der Waals surface area (Å²) in [5.74, 6) is -1.10. The summed E-state index contributed by atoms with van der Waals surface area (Å²) in [4.78, 5) is 0. The van der Waals surface area contributed by atoms with Crippen molar-refractivity contribution in [1.29, 1.82) is 5.41 Å². The number of halogens is 3. The standard InChI is InChI=1S/C14H11ClF2N2O/c15-11-5-8(14(18)19)2-4-13(11)20-7-9-1-3-10(16)6-12(9)17/h1-6H,7H2,(H3,18,19). The summed E-state index contributed by atoms with van der Waals surface area (Å²) < 4.78 is 31.6. The number of hydrogen-bond donors (Lipinski definition) is 2. The highest BCUT2D eigenvalue weighted by Crippen LogP contribution is 2.26. The van der Waals surface area contributed by atoms with E-state index < -0.39 is 11.6 Å². The first-order valence-corrected chi connectivity index (χ1v) is 6.06. The number of nitrogens with one attached hydrogen (secondary N) is 1. The zero-order valence-corrected chi connectivity index (χ0v) is 11.0. The van der Waals surface area contributed by atoms with Gasteiger partial charge in [-0.3, -0.25) is 5.41 Å². The van der Waals surface area contributed by atoms with Crippen LogP contribution in [-0.4, -0.2) is 5.84 Å². The van der Waals surface area contributed by atoms with Gasteiger partial charge in [-0.05, 0) is 30.3 Å². The number of hydrogen-bond acceptors (Lipinski definition) is 2. The molecule has 104 valence electrons. The van der Waals surface area contributed by atoms with E-state index in [4.69, 9.17) is 27.5 Å². The molecule has 2 rings (SSSR count). The van der Waals surface area contributed by atoms with E-state index in [0.29, 0.717) is 11.3 Å². The van der Waals surface area contributed by atoms with Crippen molar-refractivity contribution in [3.8, 4) is 5.75 Å². The Labute approximate surface area is 119 Å². The summed E-state index contributed by atoms with van der Waals surface area (Å²) >= 11 is 5.97. The second-order valence-corrected chi connectivity index (χ2v) is 4.49. The molecule has 0 unspecified atom stereocenters. The molecule has 3 N–H and O–H groups in total. The Balaban J connectivity index is 2.13. The molecule has 6 heteroatoms. The molecule has 2 aromatic carbocycles. The third kappa shape index (κ3) is 3.24. The van der Waals surface area contributed by atoms with Gasteiger partial charge in [0.05, 0.1) is 5.02 Å². The number of rotatable bonds is 4. The normalized spacial score (nSPS) is 10.3. The van der Waals surface area contributed by atoms with Gasteiger partial charge in [-0.1, -0.05) is 11.6 Å². The first kappa shape index (κ1) is 14.3. The van der Waals surface area contributed by atoms with Gasteiger partial charge in [0.2, 0.25) is 0 Å². The van der Waals surface area contributed by atoms with Crippen molar-refractivity contribution in [2.75, 3.05) is 0 Å². The summed E-state index contributed by atoms with van der Waals surface area (Å²) in [6.45, 7) is -0.0781. The van der Waals surface area contributed by atoms with Crippen LogP contribution >= 0.6 is 11.6 Å². The Morgan fingerprint density at radius 2 is 1.95 bits per heavy atom. The number of benzene rings is 2. The molecule has 0 radical (unpaired) electrons. The van der Waals surface area contributed by atoms with Gasteiger partial charge in [-0.2, -0.15) is 0 Å². The molecule has 0 aromatic heterocycles. The molecule has 0 heterocycles. The lowest BCUT2D eigenvalue weighted by atomic mass is 10.2. The van der Waals surface area contributed by atoms with Crippen molar-refractivity contribution >= 4 is 17.4 Å². The lowest BCUT2D eigenvalue weighted by molar-refractivity contribution is 0.299. The molecular weight excluding hydrogens is 286 g/mol. The molecule has 2 aromatic rings. The second-order valence-electron chi connectivity index (χ2n) is 4.08. The highest BCUT2D eigenvalue weighted by Gasteiger charge is 2.08. The van der Waals surface area contributed by atoms with Crippen LogP contribution in [0.25, 0.3) is 0 Å². The molecule has 0 fully saturated rings. The molecule has 0 aliphatic rings. The third-order valence-electron chi connectivity index (χ3n) is 2.64. The average molecular weight is 297 g/mol. The summed E-state index contributed by atoms with van der Waals surface area (Å²) in [7, 11) is 0. The molecule has 0 amide bonds.